The van der Waals surface area contributed by atoms with Gasteiger partial charge in [-0.05, 0) is 98.5 Å². The molecule has 6 aromatic rings. The molecule has 2 fully saturated rings. The molecular formula is C40H26F12N6O2. The number of carbonyl (C=O) groups is 2. The SMILES string of the molecule is O=C(Nc1ccc(-n2nc(C(F)(F)F)cc2C2CC2)c(F)c1)c1c(F)cccc1F.O=C(Nc1ccc(-n2nc(C(F)(F)F)cc2C2CC2)c(F)c1)c1cccc(F)c1F. The fraction of sp³-hybridized carbons (Fsp3) is 0.200. The molecule has 2 saturated carbocycles. The molecule has 4 aromatic carbocycles. The second-order valence-electron chi connectivity index (χ2n) is 13.7. The summed E-state index contributed by atoms with van der Waals surface area (Å²) in [5.41, 5.74) is -3.83. The van der Waals surface area contributed by atoms with E-state index in [1.54, 1.807) is 0 Å². The minimum atomic E-state index is -4.68. The van der Waals surface area contributed by atoms with E-state index in [-0.39, 0.29) is 46.0 Å². The fourth-order valence-electron chi connectivity index (χ4n) is 6.09. The molecule has 2 heterocycles. The van der Waals surface area contributed by atoms with Crippen LogP contribution in [0.4, 0.5) is 64.1 Å². The lowest BCUT2D eigenvalue weighted by Crippen LogP contribution is -2.16. The average molecular weight is 851 g/mol. The Balaban J connectivity index is 0.000000181. The summed E-state index contributed by atoms with van der Waals surface area (Å²) in [6.07, 6.45) is -6.65. The van der Waals surface area contributed by atoms with E-state index in [0.29, 0.717) is 25.7 Å². The highest BCUT2D eigenvalue weighted by Gasteiger charge is 2.40. The monoisotopic (exact) mass is 850 g/mol. The summed E-state index contributed by atoms with van der Waals surface area (Å²) in [6.45, 7) is 0. The van der Waals surface area contributed by atoms with Crippen LogP contribution in [0.3, 0.4) is 0 Å². The van der Waals surface area contributed by atoms with Gasteiger partial charge in [0, 0.05) is 34.6 Å². The van der Waals surface area contributed by atoms with E-state index in [0.717, 1.165) is 82.2 Å². The summed E-state index contributed by atoms with van der Waals surface area (Å²) in [7, 11) is 0. The number of amides is 2. The summed E-state index contributed by atoms with van der Waals surface area (Å²) in [4.78, 5) is 24.3. The number of aromatic nitrogens is 4. The quantitative estimate of drug-likeness (QED) is 0.149. The van der Waals surface area contributed by atoms with Crippen LogP contribution in [-0.2, 0) is 12.4 Å². The molecule has 0 bridgehead atoms. The van der Waals surface area contributed by atoms with Crippen molar-refractivity contribution in [3.8, 4) is 11.4 Å². The predicted octanol–water partition coefficient (Wildman–Crippen LogP) is 10.9. The number of nitrogens with one attached hydrogen (secondary N) is 2. The average Bonchev–Trinajstić information content (AvgIpc) is 4.10. The Kier molecular flexibility index (Phi) is 11.0. The zero-order chi connectivity index (χ0) is 43.3. The molecule has 0 unspecified atom stereocenters. The lowest BCUT2D eigenvalue weighted by molar-refractivity contribution is -0.142. The largest absolute Gasteiger partial charge is 0.435 e. The van der Waals surface area contributed by atoms with Gasteiger partial charge in [-0.3, -0.25) is 9.59 Å². The van der Waals surface area contributed by atoms with Crippen LogP contribution in [0.5, 0.6) is 0 Å². The van der Waals surface area contributed by atoms with Gasteiger partial charge in [0.25, 0.3) is 11.8 Å². The maximum Gasteiger partial charge on any atom is 0.435 e. The van der Waals surface area contributed by atoms with Crippen molar-refractivity contribution in [1.29, 1.82) is 0 Å². The van der Waals surface area contributed by atoms with Gasteiger partial charge in [0.05, 0.1) is 5.56 Å². The molecule has 0 saturated heterocycles. The molecule has 8 rings (SSSR count). The summed E-state index contributed by atoms with van der Waals surface area (Å²) in [5, 5.41) is 11.4. The van der Waals surface area contributed by atoms with E-state index < -0.39 is 81.6 Å². The first-order valence-corrected chi connectivity index (χ1v) is 17.7. The number of anilines is 2. The molecule has 0 aliphatic heterocycles. The molecule has 20 heteroatoms. The van der Waals surface area contributed by atoms with E-state index in [9.17, 15) is 62.3 Å². The molecule has 2 aliphatic carbocycles. The number of alkyl halides is 6. The Morgan fingerprint density at radius 3 is 1.37 bits per heavy atom. The summed E-state index contributed by atoms with van der Waals surface area (Å²) in [5.74, 6) is -9.05. The lowest BCUT2D eigenvalue weighted by Gasteiger charge is -2.11. The van der Waals surface area contributed by atoms with Crippen molar-refractivity contribution in [2.24, 2.45) is 0 Å². The molecule has 60 heavy (non-hydrogen) atoms. The number of carbonyl (C=O) groups excluding carboxylic acids is 2. The van der Waals surface area contributed by atoms with E-state index in [4.69, 9.17) is 0 Å². The van der Waals surface area contributed by atoms with Crippen LogP contribution < -0.4 is 10.6 Å². The highest BCUT2D eigenvalue weighted by Crippen LogP contribution is 2.44. The Morgan fingerprint density at radius 2 is 0.950 bits per heavy atom. The minimum Gasteiger partial charge on any atom is -0.322 e. The van der Waals surface area contributed by atoms with Crippen molar-refractivity contribution >= 4 is 23.2 Å². The van der Waals surface area contributed by atoms with Gasteiger partial charge in [0.1, 0.15) is 28.6 Å². The molecular weight excluding hydrogens is 824 g/mol. The van der Waals surface area contributed by atoms with Crippen molar-refractivity contribution < 1.29 is 62.3 Å². The van der Waals surface area contributed by atoms with E-state index >= 15 is 0 Å². The standard InChI is InChI=1S/2C20H13F6N3O/c21-12-2-1-3-13(22)18(12)19(30)27-11-6-7-15(14(23)8-11)29-16(10-4-5-10)9-17(28-29)20(24,25)26;21-13-3-1-2-12(18(13)23)19(30)27-11-6-7-15(14(22)8-11)29-16(10-4-5-10)9-17(28-29)20(24,25)26/h2*1-3,6-10H,4-5H2,(H,27,30). The van der Waals surface area contributed by atoms with Crippen LogP contribution in [0.15, 0.2) is 84.9 Å². The minimum absolute atomic E-state index is 0.0823. The highest BCUT2D eigenvalue weighted by molar-refractivity contribution is 6.05. The Morgan fingerprint density at radius 1 is 0.533 bits per heavy atom. The third kappa shape index (κ3) is 8.86. The molecule has 2 N–H and O–H groups in total. The number of hydrogen-bond acceptors (Lipinski definition) is 4. The lowest BCUT2D eigenvalue weighted by atomic mass is 10.1. The van der Waals surface area contributed by atoms with Gasteiger partial charge < -0.3 is 10.6 Å². The first-order chi connectivity index (χ1) is 28.3. The Bertz CT molecular complexity index is 2610. The Labute approximate surface area is 330 Å². The van der Waals surface area contributed by atoms with Gasteiger partial charge >= 0.3 is 12.4 Å². The molecule has 0 spiro atoms. The van der Waals surface area contributed by atoms with Crippen molar-refractivity contribution in [1.82, 2.24) is 19.6 Å². The number of benzene rings is 4. The number of nitrogens with zero attached hydrogens (tertiary/aromatic N) is 4. The van der Waals surface area contributed by atoms with Crippen molar-refractivity contribution in [3.05, 3.63) is 154 Å². The van der Waals surface area contributed by atoms with Crippen LogP contribution in [-0.4, -0.2) is 31.4 Å². The maximum absolute atomic E-state index is 14.7. The van der Waals surface area contributed by atoms with Gasteiger partial charge in [-0.25, -0.2) is 35.7 Å². The predicted molar refractivity (Wildman–Crippen MR) is 190 cm³/mol. The molecule has 312 valence electrons. The number of rotatable bonds is 8. The van der Waals surface area contributed by atoms with E-state index in [2.05, 4.69) is 20.8 Å². The van der Waals surface area contributed by atoms with Crippen LogP contribution in [0.1, 0.15) is 81.0 Å². The van der Waals surface area contributed by atoms with Crippen molar-refractivity contribution in [3.63, 3.8) is 0 Å². The van der Waals surface area contributed by atoms with Crippen molar-refractivity contribution in [2.45, 2.75) is 49.9 Å². The maximum atomic E-state index is 14.7. The molecule has 0 atom stereocenters. The molecule has 8 nitrogen and oxygen atoms in total. The fourth-order valence-corrected chi connectivity index (χ4v) is 6.09. The normalized spacial score (nSPS) is 14.1. The first kappa shape index (κ1) is 41.6. The molecule has 2 aliphatic rings. The Hall–Kier alpha value is -6.60. The van der Waals surface area contributed by atoms with Gasteiger partial charge in [-0.15, -0.1) is 0 Å². The summed E-state index contributed by atoms with van der Waals surface area (Å²) in [6, 6.07) is 14.2. The second-order valence-corrected chi connectivity index (χ2v) is 13.7. The highest BCUT2D eigenvalue weighted by atomic mass is 19.4. The molecule has 0 radical (unpaired) electrons. The third-order valence-corrected chi connectivity index (χ3v) is 9.30. The van der Waals surface area contributed by atoms with Crippen LogP contribution in [0, 0.1) is 34.9 Å². The number of halogens is 12. The van der Waals surface area contributed by atoms with Crippen LogP contribution in [0.2, 0.25) is 0 Å². The zero-order valence-electron chi connectivity index (χ0n) is 30.2. The van der Waals surface area contributed by atoms with Gasteiger partial charge in [0.2, 0.25) is 0 Å². The van der Waals surface area contributed by atoms with Gasteiger partial charge in [-0.2, -0.15) is 36.5 Å². The van der Waals surface area contributed by atoms with E-state index in [1.165, 1.54) is 12.1 Å². The molecule has 2 aromatic heterocycles. The summed E-state index contributed by atoms with van der Waals surface area (Å²) >= 11 is 0. The topological polar surface area (TPSA) is 93.8 Å². The smallest absolute Gasteiger partial charge is 0.322 e. The van der Waals surface area contributed by atoms with Gasteiger partial charge in [-0.1, -0.05) is 12.1 Å². The third-order valence-electron chi connectivity index (χ3n) is 9.30. The number of hydrogen-bond donors (Lipinski definition) is 2. The van der Waals surface area contributed by atoms with E-state index in [1.807, 2.05) is 0 Å². The van der Waals surface area contributed by atoms with Crippen molar-refractivity contribution in [2.75, 3.05) is 10.6 Å². The zero-order valence-corrected chi connectivity index (χ0v) is 30.2. The molecule has 2 amide bonds. The summed E-state index contributed by atoms with van der Waals surface area (Å²) < 4.78 is 164. The van der Waals surface area contributed by atoms with Crippen LogP contribution in [0.25, 0.3) is 11.4 Å². The second kappa shape index (κ2) is 15.9. The van der Waals surface area contributed by atoms with Gasteiger partial charge in [0.15, 0.2) is 34.7 Å². The van der Waals surface area contributed by atoms with Crippen LogP contribution >= 0.6 is 0 Å². The first-order valence-electron chi connectivity index (χ1n) is 17.7.